The number of rotatable bonds is 8. The molecule has 0 aromatic heterocycles. The van der Waals surface area contributed by atoms with E-state index in [2.05, 4.69) is 220 Å². The van der Waals surface area contributed by atoms with Crippen molar-refractivity contribution in [2.24, 2.45) is 0 Å². The Morgan fingerprint density at radius 2 is 0.585 bits per heavy atom. The van der Waals surface area contributed by atoms with Crippen molar-refractivity contribution in [3.05, 3.63) is 229 Å². The van der Waals surface area contributed by atoms with Crippen LogP contribution in [-0.4, -0.2) is 0 Å². The molecule has 8 aromatic carbocycles. The molecule has 0 bridgehead atoms. The highest BCUT2D eigenvalue weighted by Crippen LogP contribution is 2.62. The lowest BCUT2D eigenvalue weighted by Gasteiger charge is -2.44. The summed E-state index contributed by atoms with van der Waals surface area (Å²) in [6, 6.07) is 76.3. The monoisotopic (exact) mass is 678 g/mol. The lowest BCUT2D eigenvalue weighted by atomic mass is 9.58. The third-order valence-corrected chi connectivity index (χ3v) is 11.8. The van der Waals surface area contributed by atoms with E-state index in [1.165, 1.54) is 77.9 Å². The molecule has 254 valence electrons. The summed E-state index contributed by atoms with van der Waals surface area (Å²) in [6.07, 6.45) is 0. The highest BCUT2D eigenvalue weighted by molar-refractivity contribution is 5.92. The van der Waals surface area contributed by atoms with Crippen LogP contribution in [-0.2, 0) is 5.41 Å². The van der Waals surface area contributed by atoms with Crippen LogP contribution in [0, 0.1) is 0 Å². The van der Waals surface area contributed by atoms with E-state index in [0.717, 1.165) is 0 Å². The SMILES string of the molecule is CC(c1ccccc1)C1(C(C)c2ccccc2)c2cc(-c3ccccc3-c3ccccc3)ccc2-c2ccc(-c3ccccc3-c3ccccc3)cc21. The van der Waals surface area contributed by atoms with Crippen molar-refractivity contribution in [3.8, 4) is 55.6 Å². The highest BCUT2D eigenvalue weighted by Gasteiger charge is 2.51. The Hall–Kier alpha value is -6.24. The van der Waals surface area contributed by atoms with Crippen LogP contribution >= 0.6 is 0 Å². The van der Waals surface area contributed by atoms with Gasteiger partial charge in [-0.05, 0) is 102 Å². The maximum Gasteiger partial charge on any atom is 0.0347 e. The zero-order valence-electron chi connectivity index (χ0n) is 30.3. The first kappa shape index (κ1) is 32.7. The molecule has 0 N–H and O–H groups in total. The molecule has 1 aliphatic carbocycles. The fourth-order valence-corrected chi connectivity index (χ4v) is 9.25. The van der Waals surface area contributed by atoms with Gasteiger partial charge in [-0.3, -0.25) is 0 Å². The van der Waals surface area contributed by atoms with Crippen LogP contribution in [0.3, 0.4) is 0 Å². The fraction of sp³-hybridized carbons (Fsp3) is 0.0943. The van der Waals surface area contributed by atoms with Gasteiger partial charge < -0.3 is 0 Å². The molecule has 0 radical (unpaired) electrons. The van der Waals surface area contributed by atoms with Crippen molar-refractivity contribution in [2.75, 3.05) is 0 Å². The van der Waals surface area contributed by atoms with E-state index in [9.17, 15) is 0 Å². The molecule has 0 amide bonds. The van der Waals surface area contributed by atoms with Gasteiger partial charge in [0.2, 0.25) is 0 Å². The van der Waals surface area contributed by atoms with E-state index in [4.69, 9.17) is 0 Å². The van der Waals surface area contributed by atoms with Gasteiger partial charge in [0.05, 0.1) is 0 Å². The molecule has 0 nitrogen and oxygen atoms in total. The molecule has 0 saturated carbocycles. The molecule has 9 rings (SSSR count). The van der Waals surface area contributed by atoms with E-state index in [-0.39, 0.29) is 17.3 Å². The predicted molar refractivity (Wildman–Crippen MR) is 224 cm³/mol. The molecule has 0 fully saturated rings. The average molecular weight is 679 g/mol. The maximum atomic E-state index is 2.54. The van der Waals surface area contributed by atoms with Gasteiger partial charge in [-0.2, -0.15) is 0 Å². The van der Waals surface area contributed by atoms with Crippen molar-refractivity contribution in [2.45, 2.75) is 31.1 Å². The van der Waals surface area contributed by atoms with E-state index >= 15 is 0 Å². The summed E-state index contributed by atoms with van der Waals surface area (Å²) in [4.78, 5) is 0. The summed E-state index contributed by atoms with van der Waals surface area (Å²) < 4.78 is 0. The Kier molecular flexibility index (Phi) is 8.45. The minimum atomic E-state index is -0.372. The van der Waals surface area contributed by atoms with Crippen molar-refractivity contribution in [1.82, 2.24) is 0 Å². The van der Waals surface area contributed by atoms with Gasteiger partial charge in [0.25, 0.3) is 0 Å². The third-order valence-electron chi connectivity index (χ3n) is 11.8. The van der Waals surface area contributed by atoms with Crippen LogP contribution in [0.1, 0.15) is 47.9 Å². The van der Waals surface area contributed by atoms with E-state index < -0.39 is 0 Å². The largest absolute Gasteiger partial charge is 0.0622 e. The average Bonchev–Trinajstić information content (AvgIpc) is 3.54. The van der Waals surface area contributed by atoms with Crippen molar-refractivity contribution >= 4 is 0 Å². The standard InChI is InChI=1S/C53H42/c1-37(39-19-7-3-8-20-39)53(38(2)40-21-9-4-10-22-40)51-35-43(47-29-17-15-27-45(47)41-23-11-5-12-24-41)31-33-49(51)50-34-32-44(36-52(50)53)48-30-18-16-28-46(48)42-25-13-6-14-26-42/h3-38H,1-2H3. The minimum Gasteiger partial charge on any atom is -0.0622 e. The molecule has 2 atom stereocenters. The predicted octanol–water partition coefficient (Wildman–Crippen LogP) is 14.2. The van der Waals surface area contributed by atoms with E-state index in [1.807, 2.05) is 0 Å². The van der Waals surface area contributed by atoms with Crippen LogP contribution in [0.25, 0.3) is 55.6 Å². The normalized spacial score (nSPS) is 13.8. The first-order valence-corrected chi connectivity index (χ1v) is 18.8. The Morgan fingerprint density at radius 3 is 0.943 bits per heavy atom. The van der Waals surface area contributed by atoms with Crippen LogP contribution in [0.4, 0.5) is 0 Å². The summed E-state index contributed by atoms with van der Waals surface area (Å²) in [5, 5.41) is 0. The van der Waals surface area contributed by atoms with Gasteiger partial charge in [0, 0.05) is 5.41 Å². The smallest absolute Gasteiger partial charge is 0.0347 e. The van der Waals surface area contributed by atoms with Crippen LogP contribution in [0.5, 0.6) is 0 Å². The summed E-state index contributed by atoms with van der Waals surface area (Å²) >= 11 is 0. The highest BCUT2D eigenvalue weighted by atomic mass is 14.5. The van der Waals surface area contributed by atoms with Gasteiger partial charge in [-0.1, -0.05) is 208 Å². The minimum absolute atomic E-state index is 0.165. The second kappa shape index (κ2) is 13.7. The molecule has 53 heavy (non-hydrogen) atoms. The molecular formula is C53H42. The first-order valence-electron chi connectivity index (χ1n) is 18.8. The molecule has 0 saturated heterocycles. The third kappa shape index (κ3) is 5.54. The second-order valence-corrected chi connectivity index (χ2v) is 14.5. The lowest BCUT2D eigenvalue weighted by Crippen LogP contribution is -2.37. The Bertz CT molecular complexity index is 2330. The van der Waals surface area contributed by atoms with Gasteiger partial charge in [-0.25, -0.2) is 0 Å². The summed E-state index contributed by atoms with van der Waals surface area (Å²) in [6.45, 7) is 4.92. The second-order valence-electron chi connectivity index (χ2n) is 14.5. The first-order chi connectivity index (χ1) is 26.1. The van der Waals surface area contributed by atoms with Gasteiger partial charge >= 0.3 is 0 Å². The number of benzene rings is 8. The number of hydrogen-bond acceptors (Lipinski definition) is 0. The molecule has 0 heterocycles. The Labute approximate surface area is 314 Å². The number of fused-ring (bicyclic) bond motifs is 3. The lowest BCUT2D eigenvalue weighted by molar-refractivity contribution is 0.375. The van der Waals surface area contributed by atoms with Gasteiger partial charge in [0.15, 0.2) is 0 Å². The van der Waals surface area contributed by atoms with Crippen molar-refractivity contribution in [1.29, 1.82) is 0 Å². The molecule has 2 unspecified atom stereocenters. The molecule has 0 heteroatoms. The van der Waals surface area contributed by atoms with Crippen LogP contribution in [0.2, 0.25) is 0 Å². The molecule has 0 spiro atoms. The fourth-order valence-electron chi connectivity index (χ4n) is 9.25. The molecule has 1 aliphatic rings. The van der Waals surface area contributed by atoms with Crippen molar-refractivity contribution < 1.29 is 0 Å². The number of hydrogen-bond donors (Lipinski definition) is 0. The topological polar surface area (TPSA) is 0 Å². The Morgan fingerprint density at radius 1 is 0.283 bits per heavy atom. The summed E-state index contributed by atoms with van der Waals surface area (Å²) in [7, 11) is 0. The van der Waals surface area contributed by atoms with Gasteiger partial charge in [-0.15, -0.1) is 0 Å². The van der Waals surface area contributed by atoms with E-state index in [1.54, 1.807) is 0 Å². The quantitative estimate of drug-likeness (QED) is 0.150. The summed E-state index contributed by atoms with van der Waals surface area (Å²) in [5.41, 5.74) is 17.7. The van der Waals surface area contributed by atoms with Crippen LogP contribution < -0.4 is 0 Å². The zero-order chi connectivity index (χ0) is 35.8. The Balaban J connectivity index is 1.33. The van der Waals surface area contributed by atoms with Gasteiger partial charge in [0.1, 0.15) is 0 Å². The van der Waals surface area contributed by atoms with E-state index in [0.29, 0.717) is 0 Å². The van der Waals surface area contributed by atoms with Crippen LogP contribution in [0.15, 0.2) is 206 Å². The summed E-state index contributed by atoms with van der Waals surface area (Å²) in [5.74, 6) is 0.330. The maximum absolute atomic E-state index is 2.54. The molecule has 0 aliphatic heterocycles. The zero-order valence-corrected chi connectivity index (χ0v) is 30.3. The molecular weight excluding hydrogens is 637 g/mol. The molecule has 8 aromatic rings. The van der Waals surface area contributed by atoms with Crippen molar-refractivity contribution in [3.63, 3.8) is 0 Å².